The average Bonchev–Trinajstić information content (AvgIpc) is 2.64. The fourth-order valence-corrected chi connectivity index (χ4v) is 3.16. The van der Waals surface area contributed by atoms with E-state index < -0.39 is 61.1 Å². The van der Waals surface area contributed by atoms with Gasteiger partial charge in [0.25, 0.3) is 0 Å². The number of nitrogens with one attached hydrogen (secondary N) is 1. The molecular formula is C17H23NO9S. The zero-order valence-electron chi connectivity index (χ0n) is 14.9. The number of hydrogen-bond acceptors (Lipinski definition) is 9. The fourth-order valence-electron chi connectivity index (χ4n) is 2.95. The maximum absolute atomic E-state index is 12.0. The van der Waals surface area contributed by atoms with Gasteiger partial charge in [-0.2, -0.15) is 0 Å². The number of aliphatic hydroxyl groups is 4. The highest BCUT2D eigenvalue weighted by Gasteiger charge is 2.56. The monoisotopic (exact) mass is 417 g/mol. The zero-order chi connectivity index (χ0) is 21.1. The van der Waals surface area contributed by atoms with Gasteiger partial charge < -0.3 is 40.3 Å². The first-order chi connectivity index (χ1) is 13.1. The van der Waals surface area contributed by atoms with E-state index in [9.17, 15) is 30.0 Å². The maximum atomic E-state index is 12.0. The van der Waals surface area contributed by atoms with Crippen molar-refractivity contribution < 1.29 is 44.6 Å². The number of carboxylic acid groups (broad SMARTS) is 1. The van der Waals surface area contributed by atoms with Crippen LogP contribution in [-0.2, 0) is 14.3 Å². The molecule has 0 aliphatic carbocycles. The Labute approximate surface area is 166 Å². The van der Waals surface area contributed by atoms with E-state index in [4.69, 9.17) is 14.6 Å². The Morgan fingerprint density at radius 3 is 2.57 bits per heavy atom. The Kier molecular flexibility index (Phi) is 7.26. The minimum atomic E-state index is -2.44. The third-order valence-electron chi connectivity index (χ3n) is 4.33. The first kappa shape index (κ1) is 22.4. The number of para-hydroxylation sites is 1. The Morgan fingerprint density at radius 2 is 2.04 bits per heavy atom. The van der Waals surface area contributed by atoms with Crippen molar-refractivity contribution in [1.29, 1.82) is 0 Å². The van der Waals surface area contributed by atoms with Crippen LogP contribution in [0.4, 0.5) is 0 Å². The minimum absolute atomic E-state index is 0.0503. The van der Waals surface area contributed by atoms with Gasteiger partial charge in [-0.05, 0) is 12.1 Å². The molecule has 0 spiro atoms. The molecule has 0 unspecified atom stereocenters. The van der Waals surface area contributed by atoms with Crippen LogP contribution in [0, 0.1) is 0 Å². The smallest absolute Gasteiger partial charge is 0.377 e. The van der Waals surface area contributed by atoms with E-state index in [2.05, 4.69) is 17.9 Å². The number of hydrogen-bond donors (Lipinski definition) is 7. The van der Waals surface area contributed by atoms with Crippen molar-refractivity contribution in [1.82, 2.24) is 5.32 Å². The minimum Gasteiger partial charge on any atom is -0.476 e. The summed E-state index contributed by atoms with van der Waals surface area (Å²) in [6.45, 7) is 0.301. The molecule has 0 bridgehead atoms. The lowest BCUT2D eigenvalue weighted by molar-refractivity contribution is -0.285. The number of thiol groups is 1. The third-order valence-corrected chi connectivity index (χ3v) is 4.70. The van der Waals surface area contributed by atoms with Crippen LogP contribution in [0.5, 0.6) is 5.75 Å². The van der Waals surface area contributed by atoms with Crippen LogP contribution in [0.25, 0.3) is 0 Å². The van der Waals surface area contributed by atoms with Crippen molar-refractivity contribution in [3.63, 3.8) is 0 Å². The molecule has 1 saturated heterocycles. The van der Waals surface area contributed by atoms with E-state index in [0.717, 1.165) is 6.92 Å². The topological polar surface area (TPSA) is 166 Å². The predicted octanol–water partition coefficient (Wildman–Crippen LogP) is -1.50. The van der Waals surface area contributed by atoms with Crippen LogP contribution >= 0.6 is 12.6 Å². The first-order valence-electron chi connectivity index (χ1n) is 8.41. The van der Waals surface area contributed by atoms with Crippen LogP contribution in [-0.4, -0.2) is 80.3 Å². The molecule has 1 aromatic carbocycles. The molecule has 0 aromatic heterocycles. The van der Waals surface area contributed by atoms with Gasteiger partial charge in [-0.15, -0.1) is 12.6 Å². The van der Waals surface area contributed by atoms with E-state index in [1.165, 1.54) is 6.07 Å². The van der Waals surface area contributed by atoms with Gasteiger partial charge >= 0.3 is 11.8 Å². The Morgan fingerprint density at radius 1 is 1.39 bits per heavy atom. The fraction of sp³-hybridized carbons (Fsp3) is 0.529. The quantitative estimate of drug-likeness (QED) is 0.261. The van der Waals surface area contributed by atoms with Gasteiger partial charge in [-0.1, -0.05) is 12.1 Å². The van der Waals surface area contributed by atoms with E-state index in [-0.39, 0.29) is 5.75 Å². The van der Waals surface area contributed by atoms with Crippen molar-refractivity contribution in [3.8, 4) is 5.75 Å². The number of aliphatic carboxylic acids is 1. The molecule has 28 heavy (non-hydrogen) atoms. The highest BCUT2D eigenvalue weighted by Crippen LogP contribution is 2.36. The molecule has 1 amide bonds. The lowest BCUT2D eigenvalue weighted by Crippen LogP contribution is -2.68. The molecule has 156 valence electrons. The molecule has 0 radical (unpaired) electrons. The number of rotatable bonds is 7. The van der Waals surface area contributed by atoms with Crippen LogP contribution in [0.2, 0.25) is 0 Å². The van der Waals surface area contributed by atoms with Crippen LogP contribution in [0.3, 0.4) is 0 Å². The van der Waals surface area contributed by atoms with Gasteiger partial charge in [0.05, 0.1) is 25.2 Å². The molecule has 6 N–H and O–H groups in total. The normalized spacial score (nSPS) is 29.6. The van der Waals surface area contributed by atoms with E-state index in [0.29, 0.717) is 4.90 Å². The third kappa shape index (κ3) is 4.74. The Bertz CT molecular complexity index is 718. The summed E-state index contributed by atoms with van der Waals surface area (Å²) in [5.41, 5.74) is 0. The Balaban J connectivity index is 2.43. The molecule has 1 heterocycles. The van der Waals surface area contributed by atoms with Gasteiger partial charge in [0.2, 0.25) is 5.91 Å². The summed E-state index contributed by atoms with van der Waals surface area (Å²) in [5, 5.41) is 51.8. The number of amides is 1. The standard InChI is InChI=1S/C17H23NO9S/c1-8(20)18-13-9(21)6-17(16(24)25,26-11-4-2-3-5-12(11)28)27-15(13)14(23)10(22)7-19/h2-5,9-10,13-15,19,21-23,28H,6-7H2,1H3,(H,18,20)(H,24,25)/t9-,10+,13+,14+,15+,17-/m0/s1. The molecular weight excluding hydrogens is 394 g/mol. The first-order valence-corrected chi connectivity index (χ1v) is 8.86. The lowest BCUT2D eigenvalue weighted by atomic mass is 9.88. The molecule has 1 fully saturated rings. The molecule has 2 rings (SSSR count). The van der Waals surface area contributed by atoms with Crippen molar-refractivity contribution in [2.45, 2.75) is 54.5 Å². The number of ether oxygens (including phenoxy) is 2. The molecule has 1 aliphatic rings. The SMILES string of the molecule is CC(=O)N[C@H]1[C@H]([C@H](O)[C@H](O)CO)O[C@](Oc2ccccc2S)(C(=O)O)C[C@@H]1O. The molecule has 10 nitrogen and oxygen atoms in total. The number of carboxylic acids is 1. The number of aliphatic hydroxyl groups excluding tert-OH is 4. The van der Waals surface area contributed by atoms with E-state index in [1.807, 2.05) is 0 Å². The van der Waals surface area contributed by atoms with Crippen LogP contribution < -0.4 is 10.1 Å². The van der Waals surface area contributed by atoms with Crippen molar-refractivity contribution in [2.24, 2.45) is 0 Å². The van der Waals surface area contributed by atoms with Crippen LogP contribution in [0.1, 0.15) is 13.3 Å². The zero-order valence-corrected chi connectivity index (χ0v) is 15.8. The summed E-state index contributed by atoms with van der Waals surface area (Å²) in [6, 6.07) is 4.96. The van der Waals surface area contributed by atoms with Crippen LogP contribution in [0.15, 0.2) is 29.2 Å². The summed E-state index contributed by atoms with van der Waals surface area (Å²) in [7, 11) is 0. The van der Waals surface area contributed by atoms with Crippen molar-refractivity contribution in [3.05, 3.63) is 24.3 Å². The lowest BCUT2D eigenvalue weighted by Gasteiger charge is -2.46. The number of carbonyl (C=O) groups excluding carboxylic acids is 1. The van der Waals surface area contributed by atoms with E-state index in [1.54, 1.807) is 18.2 Å². The second-order valence-corrected chi connectivity index (χ2v) is 6.93. The highest BCUT2D eigenvalue weighted by atomic mass is 32.1. The highest BCUT2D eigenvalue weighted by molar-refractivity contribution is 7.80. The largest absolute Gasteiger partial charge is 0.476 e. The molecule has 1 aliphatic heterocycles. The average molecular weight is 417 g/mol. The summed E-state index contributed by atoms with van der Waals surface area (Å²) >= 11 is 4.18. The van der Waals surface area contributed by atoms with Gasteiger partial charge in [-0.25, -0.2) is 4.79 Å². The van der Waals surface area contributed by atoms with Crippen molar-refractivity contribution >= 4 is 24.5 Å². The van der Waals surface area contributed by atoms with E-state index >= 15 is 0 Å². The maximum Gasteiger partial charge on any atom is 0.377 e. The molecule has 1 aromatic rings. The summed E-state index contributed by atoms with van der Waals surface area (Å²) in [4.78, 5) is 23.8. The second kappa shape index (κ2) is 9.07. The molecule has 6 atom stereocenters. The number of carbonyl (C=O) groups is 2. The number of benzene rings is 1. The van der Waals surface area contributed by atoms with Gasteiger partial charge in [-0.3, -0.25) is 4.79 Å². The Hall–Kier alpha value is -1.89. The summed E-state index contributed by atoms with van der Waals surface area (Å²) in [6.07, 6.45) is -7.24. The summed E-state index contributed by atoms with van der Waals surface area (Å²) < 4.78 is 11.0. The molecule has 0 saturated carbocycles. The van der Waals surface area contributed by atoms with Gasteiger partial charge in [0, 0.05) is 11.8 Å². The van der Waals surface area contributed by atoms with Crippen molar-refractivity contribution in [2.75, 3.05) is 6.61 Å². The second-order valence-electron chi connectivity index (χ2n) is 6.45. The van der Waals surface area contributed by atoms with Gasteiger partial charge in [0.1, 0.15) is 24.1 Å². The van der Waals surface area contributed by atoms with Gasteiger partial charge in [0.15, 0.2) is 0 Å². The molecule has 11 heteroatoms. The predicted molar refractivity (Wildman–Crippen MR) is 96.9 cm³/mol. The summed E-state index contributed by atoms with van der Waals surface area (Å²) in [5.74, 6) is -4.56.